The van der Waals surface area contributed by atoms with Gasteiger partial charge in [0.2, 0.25) is 10.0 Å². The van der Waals surface area contributed by atoms with Crippen molar-refractivity contribution in [1.82, 2.24) is 14.3 Å². The van der Waals surface area contributed by atoms with Gasteiger partial charge in [-0.1, -0.05) is 11.6 Å². The average Bonchev–Trinajstić information content (AvgIpc) is 3.10. The van der Waals surface area contributed by atoms with Crippen LogP contribution in [0.15, 0.2) is 41.6 Å². The van der Waals surface area contributed by atoms with E-state index in [2.05, 4.69) is 9.97 Å². The lowest BCUT2D eigenvalue weighted by Gasteiger charge is -2.23. The number of H-pyrrole nitrogens is 1. The van der Waals surface area contributed by atoms with E-state index >= 15 is 0 Å². The molecular formula is C13H14ClN3O2S. The number of sulfonamides is 1. The van der Waals surface area contributed by atoms with Gasteiger partial charge in [-0.15, -0.1) is 0 Å². The van der Waals surface area contributed by atoms with Gasteiger partial charge in [0, 0.05) is 24.6 Å². The zero-order chi connectivity index (χ0) is 14.2. The summed E-state index contributed by atoms with van der Waals surface area (Å²) in [5.74, 6) is 0. The van der Waals surface area contributed by atoms with E-state index < -0.39 is 10.0 Å². The molecule has 0 amide bonds. The fourth-order valence-corrected chi connectivity index (χ4v) is 4.27. The zero-order valence-electron chi connectivity index (χ0n) is 10.7. The second kappa shape index (κ2) is 5.20. The van der Waals surface area contributed by atoms with Gasteiger partial charge in [0.1, 0.15) is 10.0 Å². The van der Waals surface area contributed by atoms with Crippen molar-refractivity contribution in [3.05, 3.63) is 47.5 Å². The van der Waals surface area contributed by atoms with E-state index in [0.717, 1.165) is 18.5 Å². The number of pyridine rings is 1. The lowest BCUT2D eigenvalue weighted by Crippen LogP contribution is -2.30. The van der Waals surface area contributed by atoms with Crippen molar-refractivity contribution in [3.8, 4) is 0 Å². The quantitative estimate of drug-likeness (QED) is 0.886. The van der Waals surface area contributed by atoms with Crippen molar-refractivity contribution in [2.75, 3.05) is 6.54 Å². The predicted molar refractivity (Wildman–Crippen MR) is 75.9 cm³/mol. The van der Waals surface area contributed by atoms with Crippen molar-refractivity contribution < 1.29 is 8.42 Å². The fourth-order valence-electron chi connectivity index (χ4n) is 2.54. The largest absolute Gasteiger partial charge is 0.364 e. The van der Waals surface area contributed by atoms with Crippen LogP contribution in [0.1, 0.15) is 24.6 Å². The molecule has 0 bridgehead atoms. The van der Waals surface area contributed by atoms with Crippen LogP contribution in [0.5, 0.6) is 0 Å². The average molecular weight is 312 g/mol. The molecule has 1 saturated heterocycles. The van der Waals surface area contributed by atoms with E-state index in [0.29, 0.717) is 6.54 Å². The Morgan fingerprint density at radius 3 is 2.85 bits per heavy atom. The maximum atomic E-state index is 12.7. The third-order valence-electron chi connectivity index (χ3n) is 3.49. The van der Waals surface area contributed by atoms with Gasteiger partial charge in [-0.05, 0) is 37.1 Å². The summed E-state index contributed by atoms with van der Waals surface area (Å²) in [6.07, 6.45) is 4.79. The van der Waals surface area contributed by atoms with Crippen LogP contribution in [0.25, 0.3) is 0 Å². The van der Waals surface area contributed by atoms with Crippen molar-refractivity contribution in [3.63, 3.8) is 0 Å². The Labute approximate surface area is 122 Å². The van der Waals surface area contributed by atoms with Crippen LogP contribution in [0.2, 0.25) is 5.15 Å². The molecule has 0 spiro atoms. The molecule has 1 fully saturated rings. The summed E-state index contributed by atoms with van der Waals surface area (Å²) in [6.45, 7) is 0.522. The molecule has 2 aromatic rings. The molecule has 3 rings (SSSR count). The highest BCUT2D eigenvalue weighted by Gasteiger charge is 2.36. The van der Waals surface area contributed by atoms with E-state index in [1.54, 1.807) is 0 Å². The first-order valence-electron chi connectivity index (χ1n) is 6.36. The molecule has 0 radical (unpaired) electrons. The third kappa shape index (κ3) is 2.34. The van der Waals surface area contributed by atoms with Crippen molar-refractivity contribution in [2.24, 2.45) is 0 Å². The Kier molecular flexibility index (Phi) is 3.54. The van der Waals surface area contributed by atoms with Gasteiger partial charge in [-0.2, -0.15) is 4.31 Å². The van der Waals surface area contributed by atoms with Crippen LogP contribution in [0, 0.1) is 0 Å². The molecule has 1 aliphatic rings. The van der Waals surface area contributed by atoms with Crippen LogP contribution < -0.4 is 0 Å². The summed E-state index contributed by atoms with van der Waals surface area (Å²) in [5.41, 5.74) is 0.924. The molecule has 1 aliphatic heterocycles. The topological polar surface area (TPSA) is 66.1 Å². The van der Waals surface area contributed by atoms with E-state index in [-0.39, 0.29) is 16.1 Å². The summed E-state index contributed by atoms with van der Waals surface area (Å²) in [7, 11) is -3.54. The van der Waals surface area contributed by atoms with Gasteiger partial charge in [0.15, 0.2) is 0 Å². The molecule has 0 saturated carbocycles. The molecule has 106 valence electrons. The molecule has 5 nitrogen and oxygen atoms in total. The summed E-state index contributed by atoms with van der Waals surface area (Å²) in [4.78, 5) is 7.14. The monoisotopic (exact) mass is 311 g/mol. The van der Waals surface area contributed by atoms with Gasteiger partial charge in [0.05, 0.1) is 6.04 Å². The normalized spacial score (nSPS) is 20.4. The van der Waals surface area contributed by atoms with E-state index in [1.807, 2.05) is 18.3 Å². The molecule has 3 heterocycles. The van der Waals surface area contributed by atoms with Crippen LogP contribution in [-0.2, 0) is 10.0 Å². The first-order valence-corrected chi connectivity index (χ1v) is 8.17. The Morgan fingerprint density at radius 1 is 1.35 bits per heavy atom. The molecular weight excluding hydrogens is 298 g/mol. The number of hydrogen-bond donors (Lipinski definition) is 1. The first-order chi connectivity index (χ1) is 9.59. The molecule has 1 N–H and O–H groups in total. The minimum atomic E-state index is -3.54. The third-order valence-corrected chi connectivity index (χ3v) is 5.61. The highest BCUT2D eigenvalue weighted by Crippen LogP contribution is 2.35. The minimum Gasteiger partial charge on any atom is -0.364 e. The lowest BCUT2D eigenvalue weighted by atomic mass is 10.2. The smallest absolute Gasteiger partial charge is 0.245 e. The fraction of sp³-hybridized carbons (Fsp3) is 0.308. The van der Waals surface area contributed by atoms with Gasteiger partial charge < -0.3 is 4.98 Å². The summed E-state index contributed by atoms with van der Waals surface area (Å²) in [5, 5.41) is 0.284. The van der Waals surface area contributed by atoms with Crippen molar-refractivity contribution >= 4 is 21.6 Å². The lowest BCUT2D eigenvalue weighted by molar-refractivity contribution is 0.391. The minimum absolute atomic E-state index is 0.134. The van der Waals surface area contributed by atoms with Crippen LogP contribution >= 0.6 is 11.6 Å². The second-order valence-electron chi connectivity index (χ2n) is 4.72. The van der Waals surface area contributed by atoms with Crippen LogP contribution in [0.4, 0.5) is 0 Å². The Bertz CT molecular complexity index is 683. The standard InChI is InChI=1S/C13H14ClN3O2S/c14-13-6-5-10(9-16-13)20(18,19)17-8-2-4-12(17)11-3-1-7-15-11/h1,3,5-7,9,12,15H,2,4,8H2. The molecule has 1 unspecified atom stereocenters. The molecule has 0 aliphatic carbocycles. The maximum Gasteiger partial charge on any atom is 0.245 e. The predicted octanol–water partition coefficient (Wildman–Crippen LogP) is 2.59. The zero-order valence-corrected chi connectivity index (χ0v) is 12.2. The van der Waals surface area contributed by atoms with E-state index in [4.69, 9.17) is 11.6 Å². The van der Waals surface area contributed by atoms with E-state index in [9.17, 15) is 8.42 Å². The molecule has 1 atom stereocenters. The number of aromatic amines is 1. The SMILES string of the molecule is O=S(=O)(c1ccc(Cl)nc1)N1CCCC1c1ccc[nH]1. The highest BCUT2D eigenvalue weighted by molar-refractivity contribution is 7.89. The molecule has 7 heteroatoms. The Balaban J connectivity index is 1.96. The van der Waals surface area contributed by atoms with E-state index in [1.165, 1.54) is 22.6 Å². The van der Waals surface area contributed by atoms with Gasteiger partial charge in [0.25, 0.3) is 0 Å². The summed E-state index contributed by atoms with van der Waals surface area (Å²) < 4.78 is 26.9. The molecule has 0 aromatic carbocycles. The highest BCUT2D eigenvalue weighted by atomic mass is 35.5. The van der Waals surface area contributed by atoms with Gasteiger partial charge in [-0.25, -0.2) is 13.4 Å². The Hall–Kier alpha value is -1.37. The van der Waals surface area contributed by atoms with Crippen molar-refractivity contribution in [1.29, 1.82) is 0 Å². The molecule has 2 aromatic heterocycles. The Morgan fingerprint density at radius 2 is 2.20 bits per heavy atom. The number of nitrogens with one attached hydrogen (secondary N) is 1. The van der Waals surface area contributed by atoms with Crippen LogP contribution in [-0.4, -0.2) is 29.2 Å². The number of hydrogen-bond acceptors (Lipinski definition) is 3. The first kappa shape index (κ1) is 13.6. The van der Waals surface area contributed by atoms with Gasteiger partial charge in [-0.3, -0.25) is 0 Å². The number of halogens is 1. The summed E-state index contributed by atoms with van der Waals surface area (Å²) >= 11 is 5.71. The number of rotatable bonds is 3. The number of aromatic nitrogens is 2. The van der Waals surface area contributed by atoms with Crippen molar-refractivity contribution in [2.45, 2.75) is 23.8 Å². The van der Waals surface area contributed by atoms with Crippen LogP contribution in [0.3, 0.4) is 0 Å². The second-order valence-corrected chi connectivity index (χ2v) is 6.99. The summed E-state index contributed by atoms with van der Waals surface area (Å²) in [6, 6.07) is 6.65. The maximum absolute atomic E-state index is 12.7. The van der Waals surface area contributed by atoms with Gasteiger partial charge >= 0.3 is 0 Å². The molecule has 20 heavy (non-hydrogen) atoms. The number of nitrogens with zero attached hydrogens (tertiary/aromatic N) is 2.